The lowest BCUT2D eigenvalue weighted by Gasteiger charge is -2.29. The SMILES string of the molecule is CNC(=O)CCCC(=O)N[C@H](C(=O)C[C@@H](CCC(=O)NCCOCCOCCOCCOC)C(=O)CCc1ccc([C@H]2O[C@@H]2[C@@H](C)[C@@H]2C/C=C/C(=O)N[C@H](Cc3ccc(OC)c(Cl)c3)C(=O)NCC(C)(C)C(=O)O[C@@H](CC(C)C)C(=O)O2)cc1)C(C)C. The number of epoxide rings is 1. The van der Waals surface area contributed by atoms with E-state index in [1.54, 1.807) is 59.1 Å². The van der Waals surface area contributed by atoms with E-state index < -0.39 is 77.5 Å². The van der Waals surface area contributed by atoms with Crippen LogP contribution in [0.3, 0.4) is 0 Å². The monoisotopic (exact) mass is 1240 g/mol. The van der Waals surface area contributed by atoms with Crippen molar-refractivity contribution < 1.29 is 81.0 Å². The first-order valence-electron chi connectivity index (χ1n) is 30.2. The third-order valence-corrected chi connectivity index (χ3v) is 15.3. The molecule has 0 bridgehead atoms. The first-order valence-corrected chi connectivity index (χ1v) is 30.6. The molecule has 0 unspecified atom stereocenters. The molecule has 2 aromatic carbocycles. The number of carbonyl (C=O) groups is 9. The smallest absolute Gasteiger partial charge is 0.347 e. The van der Waals surface area contributed by atoms with Crippen LogP contribution >= 0.6 is 11.6 Å². The van der Waals surface area contributed by atoms with Crippen molar-refractivity contribution in [1.29, 1.82) is 0 Å². The normalized spacial score (nSPS) is 20.4. The second-order valence-electron chi connectivity index (χ2n) is 23.5. The van der Waals surface area contributed by atoms with Crippen LogP contribution in [0.5, 0.6) is 5.75 Å². The van der Waals surface area contributed by atoms with Gasteiger partial charge in [0, 0.05) is 84.0 Å². The summed E-state index contributed by atoms with van der Waals surface area (Å²) < 4.78 is 44.9. The molecule has 2 aromatic rings. The third kappa shape index (κ3) is 26.5. The highest BCUT2D eigenvalue weighted by molar-refractivity contribution is 6.32. The van der Waals surface area contributed by atoms with Gasteiger partial charge in [-0.2, -0.15) is 0 Å². The van der Waals surface area contributed by atoms with E-state index >= 15 is 0 Å². The summed E-state index contributed by atoms with van der Waals surface area (Å²) in [5.74, 6) is -5.22. The molecule has 0 aliphatic carbocycles. The van der Waals surface area contributed by atoms with E-state index in [9.17, 15) is 43.2 Å². The fourth-order valence-electron chi connectivity index (χ4n) is 9.65. The fraction of sp³-hybridized carbons (Fsp3) is 0.641. The molecular formula is C64H94ClN5O17. The Bertz CT molecular complexity index is 2600. The summed E-state index contributed by atoms with van der Waals surface area (Å²) in [6, 6.07) is 10.7. The highest BCUT2D eigenvalue weighted by atomic mass is 35.5. The minimum Gasteiger partial charge on any atom is -0.495 e. The van der Waals surface area contributed by atoms with E-state index in [0.717, 1.165) is 11.1 Å². The maximum Gasteiger partial charge on any atom is 0.347 e. The molecule has 4 rings (SSSR count). The summed E-state index contributed by atoms with van der Waals surface area (Å²) in [5.41, 5.74) is 1.02. The lowest BCUT2D eigenvalue weighted by molar-refractivity contribution is -0.179. The van der Waals surface area contributed by atoms with Gasteiger partial charge in [0.1, 0.15) is 29.8 Å². The van der Waals surface area contributed by atoms with Crippen LogP contribution in [-0.4, -0.2) is 164 Å². The van der Waals surface area contributed by atoms with E-state index in [4.69, 9.17) is 49.5 Å². The van der Waals surface area contributed by atoms with Crippen molar-refractivity contribution in [2.75, 3.05) is 80.6 Å². The second-order valence-corrected chi connectivity index (χ2v) is 23.9. The van der Waals surface area contributed by atoms with Crippen LogP contribution in [0.4, 0.5) is 0 Å². The first-order chi connectivity index (χ1) is 41.5. The average Bonchev–Trinajstić information content (AvgIpc) is 2.28. The molecule has 5 N–H and O–H groups in total. The van der Waals surface area contributed by atoms with Crippen LogP contribution in [0.1, 0.15) is 129 Å². The van der Waals surface area contributed by atoms with Crippen molar-refractivity contribution in [1.82, 2.24) is 26.6 Å². The van der Waals surface area contributed by atoms with Gasteiger partial charge < -0.3 is 64.5 Å². The Morgan fingerprint density at radius 3 is 2.07 bits per heavy atom. The average molecular weight is 1240 g/mol. The molecular weight excluding hydrogens is 1150 g/mol. The van der Waals surface area contributed by atoms with Gasteiger partial charge in [0.25, 0.3) is 0 Å². The number of aryl methyl sites for hydroxylation is 1. The number of esters is 2. The molecule has 0 saturated carbocycles. The zero-order valence-corrected chi connectivity index (χ0v) is 53.2. The fourth-order valence-corrected chi connectivity index (χ4v) is 9.93. The Morgan fingerprint density at radius 2 is 1.44 bits per heavy atom. The third-order valence-electron chi connectivity index (χ3n) is 15.0. The number of cyclic esters (lactones) is 2. The van der Waals surface area contributed by atoms with E-state index in [1.807, 2.05) is 45.0 Å². The van der Waals surface area contributed by atoms with Gasteiger partial charge in [0.05, 0.1) is 75.9 Å². The minimum absolute atomic E-state index is 0.0251. The Balaban J connectivity index is 1.44. The number of ether oxygens (including phenoxy) is 8. The number of methoxy groups -OCH3 is 2. The molecule has 1 saturated heterocycles. The summed E-state index contributed by atoms with van der Waals surface area (Å²) in [7, 11) is 4.60. The number of amides is 5. The topological polar surface area (TPSA) is 291 Å². The lowest BCUT2D eigenvalue weighted by atomic mass is 9.85. The molecule has 2 heterocycles. The molecule has 23 heteroatoms. The van der Waals surface area contributed by atoms with Crippen molar-refractivity contribution in [2.24, 2.45) is 29.1 Å². The summed E-state index contributed by atoms with van der Waals surface area (Å²) >= 11 is 6.40. The van der Waals surface area contributed by atoms with Gasteiger partial charge in [-0.3, -0.25) is 38.4 Å². The van der Waals surface area contributed by atoms with Crippen molar-refractivity contribution in [3.63, 3.8) is 0 Å². The number of hydrogen-bond donors (Lipinski definition) is 5. The molecule has 0 aromatic heterocycles. The molecule has 1 fully saturated rings. The first kappa shape index (κ1) is 73.2. The van der Waals surface area contributed by atoms with E-state index in [2.05, 4.69) is 26.6 Å². The molecule has 5 amide bonds. The number of benzene rings is 2. The zero-order chi connectivity index (χ0) is 64.1. The van der Waals surface area contributed by atoms with E-state index in [-0.39, 0.29) is 119 Å². The van der Waals surface area contributed by atoms with Gasteiger partial charge in [-0.05, 0) is 86.3 Å². The number of hydrogen-bond acceptors (Lipinski definition) is 17. The van der Waals surface area contributed by atoms with Gasteiger partial charge in [-0.25, -0.2) is 4.79 Å². The number of rotatable bonds is 36. The molecule has 0 radical (unpaired) electrons. The zero-order valence-electron chi connectivity index (χ0n) is 52.4. The van der Waals surface area contributed by atoms with Gasteiger partial charge in [0.15, 0.2) is 11.9 Å². The van der Waals surface area contributed by atoms with Gasteiger partial charge in [0.2, 0.25) is 29.5 Å². The predicted molar refractivity (Wildman–Crippen MR) is 324 cm³/mol. The number of nitrogens with one attached hydrogen (secondary N) is 5. The summed E-state index contributed by atoms with van der Waals surface area (Å²) in [6.45, 7) is 15.2. The van der Waals surface area contributed by atoms with Gasteiger partial charge in [-0.15, -0.1) is 0 Å². The molecule has 2 aliphatic heterocycles. The Labute approximate surface area is 517 Å². The quantitative estimate of drug-likeness (QED) is 0.0304. The summed E-state index contributed by atoms with van der Waals surface area (Å²) in [4.78, 5) is 121. The maximum absolute atomic E-state index is 14.1. The van der Waals surface area contributed by atoms with Gasteiger partial charge in [-0.1, -0.05) is 82.6 Å². The molecule has 87 heavy (non-hydrogen) atoms. The predicted octanol–water partition coefficient (Wildman–Crippen LogP) is 5.85. The highest BCUT2D eigenvalue weighted by Gasteiger charge is 2.48. The Morgan fingerprint density at radius 1 is 0.782 bits per heavy atom. The number of Topliss-reactive ketones (excluding diaryl/α,β-unsaturated/α-hetero) is 2. The van der Waals surface area contributed by atoms with E-state index in [0.29, 0.717) is 68.8 Å². The lowest BCUT2D eigenvalue weighted by Crippen LogP contribution is -2.51. The minimum atomic E-state index is -1.29. The van der Waals surface area contributed by atoms with E-state index in [1.165, 1.54) is 20.2 Å². The second kappa shape index (κ2) is 38.2. The highest BCUT2D eigenvalue weighted by Crippen LogP contribution is 2.45. The standard InChI is InChI=1S/C64H94ClN5O17/c1-40(2)35-53-62(78)85-51(13-11-15-56(75)69-48(37-44-20-25-52(81-10)47(65)36-44)61(77)68-39-64(6,7)63(79)86-53)42(5)59-60(87-59)45-21-17-43(18-22-45)19-24-49(71)46(38-50(72)58(41(3)4)70-57(76)16-12-14-54(73)66-8)23-26-55(74)67-27-28-82-31-32-84-34-33-83-30-29-80-9/h11,15,17-18,20-22,25,36,40-42,46,48,51,53,58-60H,12-14,16,19,23-24,26-35,37-39H2,1-10H3,(H,66,73)(H,67,74)(H,68,77)(H,69,75)(H,70,76)/b15-11+/t42-,46+,48+,51-,53-,58-,59+,60+/m0/s1. The van der Waals surface area contributed by atoms with Crippen LogP contribution in [0, 0.1) is 29.1 Å². The molecule has 2 aliphatic rings. The number of carbonyl (C=O) groups excluding carboxylic acids is 9. The molecule has 484 valence electrons. The van der Waals surface area contributed by atoms with Crippen molar-refractivity contribution in [3.8, 4) is 5.75 Å². The van der Waals surface area contributed by atoms with Crippen LogP contribution < -0.4 is 31.3 Å². The summed E-state index contributed by atoms with van der Waals surface area (Å²) in [5, 5.41) is 14.0. The van der Waals surface area contributed by atoms with Crippen molar-refractivity contribution >= 4 is 64.6 Å². The number of halogens is 1. The van der Waals surface area contributed by atoms with Crippen LogP contribution in [-0.2, 0) is 89.2 Å². The maximum atomic E-state index is 14.1. The van der Waals surface area contributed by atoms with Crippen molar-refractivity contribution in [2.45, 2.75) is 156 Å². The molecule has 8 atom stereocenters. The molecule has 22 nitrogen and oxygen atoms in total. The molecule has 0 spiro atoms. The Kier molecular flexibility index (Phi) is 32.1. The largest absolute Gasteiger partial charge is 0.495 e. The van der Waals surface area contributed by atoms with Gasteiger partial charge >= 0.3 is 11.9 Å². The Hall–Kier alpha value is -6.30. The number of ketones is 2. The summed E-state index contributed by atoms with van der Waals surface area (Å²) in [6.07, 6.45) is 1.00. The van der Waals surface area contributed by atoms with Crippen LogP contribution in [0.15, 0.2) is 54.6 Å². The van der Waals surface area contributed by atoms with Crippen LogP contribution in [0.25, 0.3) is 0 Å². The van der Waals surface area contributed by atoms with Crippen molar-refractivity contribution in [3.05, 3.63) is 76.3 Å². The van der Waals surface area contributed by atoms with Crippen LogP contribution in [0.2, 0.25) is 5.02 Å².